The zero-order chi connectivity index (χ0) is 8.06. The maximum atomic E-state index is 6.37. The van der Waals surface area contributed by atoms with Crippen molar-refractivity contribution >= 4 is 23.2 Å². The van der Waals surface area contributed by atoms with Gasteiger partial charge in [-0.3, -0.25) is 4.90 Å². The molecule has 0 amide bonds. The lowest BCUT2D eigenvalue weighted by Gasteiger charge is -2.39. The molecule has 2 heterocycles. The van der Waals surface area contributed by atoms with Crippen LogP contribution in [-0.2, 0) is 0 Å². The first-order valence-electron chi connectivity index (χ1n) is 4.03. The van der Waals surface area contributed by atoms with E-state index in [4.69, 9.17) is 23.2 Å². The predicted octanol–water partition coefficient (Wildman–Crippen LogP) is 2.58. The number of alkyl halides is 2. The van der Waals surface area contributed by atoms with Gasteiger partial charge in [-0.05, 0) is 32.7 Å². The molecule has 11 heavy (non-hydrogen) atoms. The van der Waals surface area contributed by atoms with Crippen LogP contribution < -0.4 is 0 Å². The van der Waals surface area contributed by atoms with Crippen molar-refractivity contribution in [1.29, 1.82) is 0 Å². The molecule has 0 spiro atoms. The summed E-state index contributed by atoms with van der Waals surface area (Å²) in [7, 11) is 2.08. The lowest BCUT2D eigenvalue weighted by molar-refractivity contribution is 0.209. The molecule has 1 radical (unpaired) electrons. The quantitative estimate of drug-likeness (QED) is 0.422. The van der Waals surface area contributed by atoms with E-state index in [1.807, 2.05) is 0 Å². The number of hydrogen-bond donors (Lipinski definition) is 0. The number of rotatable bonds is 0. The Labute approximate surface area is 77.6 Å². The molecule has 0 aromatic carbocycles. The summed E-state index contributed by atoms with van der Waals surface area (Å²) in [6, 6.07) is 1.44. The number of hydrogen-bond acceptors (Lipinski definition) is 1. The van der Waals surface area contributed by atoms with E-state index in [0.717, 1.165) is 25.7 Å². The van der Waals surface area contributed by atoms with Gasteiger partial charge in [0.25, 0.3) is 0 Å². The second kappa shape index (κ2) is 2.51. The summed E-state index contributed by atoms with van der Waals surface area (Å²) in [5.41, 5.74) is 0. The van der Waals surface area contributed by atoms with E-state index >= 15 is 0 Å². The van der Waals surface area contributed by atoms with Crippen LogP contribution in [0.1, 0.15) is 25.7 Å². The van der Waals surface area contributed by atoms with E-state index in [1.165, 1.54) is 6.04 Å². The van der Waals surface area contributed by atoms with Gasteiger partial charge in [-0.2, -0.15) is 0 Å². The number of piperidine rings is 1. The van der Waals surface area contributed by atoms with Gasteiger partial charge in [0.2, 0.25) is 0 Å². The highest BCUT2D eigenvalue weighted by Crippen LogP contribution is 2.50. The summed E-state index contributed by atoms with van der Waals surface area (Å²) in [6.07, 6.45) is 4.18. The van der Waals surface area contributed by atoms with Crippen LogP contribution in [-0.4, -0.2) is 22.3 Å². The normalized spacial score (nSPS) is 46.6. The molecule has 1 nitrogen and oxygen atoms in total. The molecule has 0 saturated carbocycles. The Kier molecular flexibility index (Phi) is 1.86. The Morgan fingerprint density at radius 2 is 2.36 bits per heavy atom. The standard InChI is InChI=1S/C8H12Cl2N/c1-11-7-2-3-8(11,10)5-6(9)4-7/h6H,2-5H2,1H3. The molecule has 0 aromatic heterocycles. The van der Waals surface area contributed by atoms with Gasteiger partial charge in [-0.1, -0.05) is 0 Å². The minimum Gasteiger partial charge on any atom is -0.280 e. The van der Waals surface area contributed by atoms with Crippen LogP contribution in [0, 0.1) is 6.04 Å². The molecule has 2 atom stereocenters. The summed E-state index contributed by atoms with van der Waals surface area (Å²) in [5.74, 6) is 0. The molecule has 2 saturated heterocycles. The van der Waals surface area contributed by atoms with Gasteiger partial charge < -0.3 is 0 Å². The summed E-state index contributed by atoms with van der Waals surface area (Å²) < 4.78 is 0. The van der Waals surface area contributed by atoms with Crippen molar-refractivity contribution < 1.29 is 0 Å². The van der Waals surface area contributed by atoms with Crippen LogP contribution in [0.5, 0.6) is 0 Å². The minimum absolute atomic E-state index is 0.139. The molecule has 63 valence electrons. The van der Waals surface area contributed by atoms with Crippen molar-refractivity contribution in [3.63, 3.8) is 0 Å². The largest absolute Gasteiger partial charge is 0.280 e. The van der Waals surface area contributed by atoms with Gasteiger partial charge in [0, 0.05) is 11.4 Å². The zero-order valence-corrected chi connectivity index (χ0v) is 8.12. The summed E-state index contributed by atoms with van der Waals surface area (Å²) in [6.45, 7) is 0. The van der Waals surface area contributed by atoms with Gasteiger partial charge in [0.1, 0.15) is 0 Å². The Balaban J connectivity index is 2.20. The molecule has 2 rings (SSSR count). The smallest absolute Gasteiger partial charge is 0.0978 e. The Hall–Kier alpha value is 0.540. The summed E-state index contributed by atoms with van der Waals surface area (Å²) in [4.78, 5) is 2.08. The van der Waals surface area contributed by atoms with Crippen molar-refractivity contribution in [1.82, 2.24) is 4.90 Å². The molecule has 2 bridgehead atoms. The van der Waals surface area contributed by atoms with E-state index in [2.05, 4.69) is 11.9 Å². The van der Waals surface area contributed by atoms with Crippen molar-refractivity contribution in [2.75, 3.05) is 7.05 Å². The lowest BCUT2D eigenvalue weighted by Crippen LogP contribution is -2.43. The second-order valence-electron chi connectivity index (χ2n) is 3.55. The van der Waals surface area contributed by atoms with E-state index in [9.17, 15) is 0 Å². The summed E-state index contributed by atoms with van der Waals surface area (Å²) in [5, 5.41) is 0.265. The molecule has 0 N–H and O–H groups in total. The molecule has 2 aliphatic rings. The third-order valence-corrected chi connectivity index (χ3v) is 3.77. The van der Waals surface area contributed by atoms with E-state index in [1.54, 1.807) is 0 Å². The first-order chi connectivity index (χ1) is 5.12. The SMILES string of the molecule is CN1[C]2CCC1(Cl)CC(Cl)C2. The number of fused-ring (bicyclic) bond motifs is 2. The average Bonchev–Trinajstić information content (AvgIpc) is 2.17. The minimum atomic E-state index is -0.139. The topological polar surface area (TPSA) is 3.24 Å². The van der Waals surface area contributed by atoms with Crippen LogP contribution in [0.2, 0.25) is 0 Å². The predicted molar refractivity (Wildman–Crippen MR) is 47.7 cm³/mol. The van der Waals surface area contributed by atoms with Crippen LogP contribution in [0.3, 0.4) is 0 Å². The van der Waals surface area contributed by atoms with Crippen molar-refractivity contribution in [3.8, 4) is 0 Å². The highest BCUT2D eigenvalue weighted by atomic mass is 35.5. The molecule has 2 aliphatic heterocycles. The van der Waals surface area contributed by atoms with Gasteiger partial charge in [0.15, 0.2) is 0 Å². The molecular formula is C8H12Cl2N. The van der Waals surface area contributed by atoms with Crippen LogP contribution >= 0.6 is 23.2 Å². The fourth-order valence-electron chi connectivity index (χ4n) is 2.10. The molecular weight excluding hydrogens is 181 g/mol. The van der Waals surface area contributed by atoms with Crippen molar-refractivity contribution in [3.05, 3.63) is 6.04 Å². The van der Waals surface area contributed by atoms with Crippen molar-refractivity contribution in [2.24, 2.45) is 0 Å². The molecule has 0 aromatic rings. The van der Waals surface area contributed by atoms with Crippen molar-refractivity contribution in [2.45, 2.75) is 36.1 Å². The Morgan fingerprint density at radius 3 is 3.00 bits per heavy atom. The van der Waals surface area contributed by atoms with Gasteiger partial charge in [-0.15, -0.1) is 23.2 Å². The lowest BCUT2D eigenvalue weighted by atomic mass is 10.0. The number of nitrogens with zero attached hydrogens (tertiary/aromatic N) is 1. The molecule has 2 fully saturated rings. The summed E-state index contributed by atoms with van der Waals surface area (Å²) >= 11 is 12.4. The first kappa shape index (κ1) is 8.15. The maximum Gasteiger partial charge on any atom is 0.0978 e. The molecule has 0 aliphatic carbocycles. The first-order valence-corrected chi connectivity index (χ1v) is 4.85. The van der Waals surface area contributed by atoms with Crippen LogP contribution in [0.25, 0.3) is 0 Å². The van der Waals surface area contributed by atoms with E-state index < -0.39 is 0 Å². The molecule has 2 unspecified atom stereocenters. The fraction of sp³-hybridized carbons (Fsp3) is 0.875. The molecule has 3 heteroatoms. The fourth-order valence-corrected chi connectivity index (χ4v) is 3.01. The maximum absolute atomic E-state index is 6.37. The van der Waals surface area contributed by atoms with E-state index in [0.29, 0.717) is 0 Å². The van der Waals surface area contributed by atoms with Gasteiger partial charge in [-0.25, -0.2) is 0 Å². The third-order valence-electron chi connectivity index (χ3n) is 2.86. The highest BCUT2D eigenvalue weighted by Gasteiger charge is 2.48. The number of halogens is 2. The van der Waals surface area contributed by atoms with Gasteiger partial charge in [0.05, 0.1) is 5.00 Å². The monoisotopic (exact) mass is 192 g/mol. The van der Waals surface area contributed by atoms with Gasteiger partial charge >= 0.3 is 0 Å². The van der Waals surface area contributed by atoms with E-state index in [-0.39, 0.29) is 10.4 Å². The average molecular weight is 193 g/mol. The van der Waals surface area contributed by atoms with Crippen LogP contribution in [0.4, 0.5) is 0 Å². The third kappa shape index (κ3) is 1.18. The Bertz CT molecular complexity index is 173. The highest BCUT2D eigenvalue weighted by molar-refractivity contribution is 6.26. The zero-order valence-electron chi connectivity index (χ0n) is 6.61. The van der Waals surface area contributed by atoms with Crippen LogP contribution in [0.15, 0.2) is 0 Å². The Morgan fingerprint density at radius 1 is 1.64 bits per heavy atom. The second-order valence-corrected chi connectivity index (χ2v) is 4.87.